The molecule has 0 amide bonds. The van der Waals surface area contributed by atoms with Crippen LogP contribution >= 0.6 is 0 Å². The van der Waals surface area contributed by atoms with Crippen molar-refractivity contribution in [3.8, 4) is 5.75 Å². The summed E-state index contributed by atoms with van der Waals surface area (Å²) in [7, 11) is 1.66. The maximum Gasteiger partial charge on any atom is 0.213 e. The Bertz CT molecular complexity index is 947. The summed E-state index contributed by atoms with van der Waals surface area (Å²) in [6.07, 6.45) is 0. The fourth-order valence-corrected chi connectivity index (χ4v) is 4.02. The Kier molecular flexibility index (Phi) is 4.54. The molecule has 0 N–H and O–H groups in total. The van der Waals surface area contributed by atoms with Gasteiger partial charge in [0.05, 0.1) is 37.1 Å². The number of nitrogens with zero attached hydrogens (tertiary/aromatic N) is 3. The van der Waals surface area contributed by atoms with Crippen molar-refractivity contribution in [2.45, 2.75) is 19.9 Å². The Morgan fingerprint density at radius 1 is 1.23 bits per heavy atom. The highest BCUT2D eigenvalue weighted by Gasteiger charge is 2.21. The van der Waals surface area contributed by atoms with E-state index >= 15 is 0 Å². The number of hydrogen-bond acceptors (Lipinski definition) is 4. The SMILES string of the molecule is COc1ccc2c3cc(F)nc(C)c3n(C(C)CN3CCOCC3)c2c1. The van der Waals surface area contributed by atoms with Crippen molar-refractivity contribution in [3.63, 3.8) is 0 Å². The summed E-state index contributed by atoms with van der Waals surface area (Å²) in [6.45, 7) is 8.43. The smallest absolute Gasteiger partial charge is 0.213 e. The summed E-state index contributed by atoms with van der Waals surface area (Å²) in [5, 5.41) is 1.93. The third-order valence-electron chi connectivity index (χ3n) is 5.20. The Hall–Kier alpha value is -2.18. The number of methoxy groups -OCH3 is 1. The molecule has 1 aromatic carbocycles. The standard InChI is InChI=1S/C20H24FN3O2/c1-13(12-23-6-8-26-9-7-23)24-18-10-15(25-3)4-5-16(18)17-11-19(21)22-14(2)20(17)24/h4-5,10-11,13H,6-9,12H2,1-3H3. The Labute approximate surface area is 152 Å². The van der Waals surface area contributed by atoms with E-state index in [2.05, 4.69) is 21.4 Å². The summed E-state index contributed by atoms with van der Waals surface area (Å²) in [5.41, 5.74) is 2.76. The molecule has 1 unspecified atom stereocenters. The number of aryl methyl sites for hydroxylation is 1. The van der Waals surface area contributed by atoms with Crippen molar-refractivity contribution in [1.82, 2.24) is 14.5 Å². The molecule has 0 spiro atoms. The Morgan fingerprint density at radius 3 is 2.73 bits per heavy atom. The highest BCUT2D eigenvalue weighted by atomic mass is 19.1. The quantitative estimate of drug-likeness (QED) is 0.670. The van der Waals surface area contributed by atoms with Gasteiger partial charge in [-0.2, -0.15) is 4.39 Å². The molecule has 2 aromatic heterocycles. The highest BCUT2D eigenvalue weighted by Crippen LogP contribution is 2.35. The van der Waals surface area contributed by atoms with Gasteiger partial charge in [-0.05, 0) is 26.0 Å². The molecule has 26 heavy (non-hydrogen) atoms. The highest BCUT2D eigenvalue weighted by molar-refractivity contribution is 6.09. The van der Waals surface area contributed by atoms with Crippen LogP contribution in [-0.4, -0.2) is 54.4 Å². The lowest BCUT2D eigenvalue weighted by Crippen LogP contribution is -2.39. The van der Waals surface area contributed by atoms with Crippen LogP contribution < -0.4 is 4.74 Å². The molecule has 0 aliphatic carbocycles. The molecule has 0 radical (unpaired) electrons. The number of hydrogen-bond donors (Lipinski definition) is 0. The van der Waals surface area contributed by atoms with E-state index in [4.69, 9.17) is 9.47 Å². The van der Waals surface area contributed by atoms with Gasteiger partial charge in [0.25, 0.3) is 0 Å². The monoisotopic (exact) mass is 357 g/mol. The fourth-order valence-electron chi connectivity index (χ4n) is 4.02. The van der Waals surface area contributed by atoms with Crippen LogP contribution in [0.5, 0.6) is 5.75 Å². The van der Waals surface area contributed by atoms with Crippen LogP contribution in [0.4, 0.5) is 4.39 Å². The molecule has 3 aromatic rings. The summed E-state index contributed by atoms with van der Waals surface area (Å²) in [4.78, 5) is 6.49. The van der Waals surface area contributed by atoms with E-state index in [9.17, 15) is 4.39 Å². The zero-order valence-corrected chi connectivity index (χ0v) is 15.5. The molecule has 1 atom stereocenters. The first-order valence-electron chi connectivity index (χ1n) is 9.03. The van der Waals surface area contributed by atoms with Gasteiger partial charge in [0.1, 0.15) is 5.75 Å². The van der Waals surface area contributed by atoms with Crippen LogP contribution in [0.2, 0.25) is 0 Å². The second kappa shape index (κ2) is 6.85. The van der Waals surface area contributed by atoms with E-state index in [1.165, 1.54) is 6.07 Å². The molecule has 4 rings (SSSR count). The number of benzene rings is 1. The van der Waals surface area contributed by atoms with Gasteiger partial charge in [-0.1, -0.05) is 0 Å². The van der Waals surface area contributed by atoms with Gasteiger partial charge in [0.15, 0.2) is 0 Å². The maximum atomic E-state index is 14.0. The molecular formula is C20H24FN3O2. The predicted molar refractivity (Wildman–Crippen MR) is 100 cm³/mol. The largest absolute Gasteiger partial charge is 0.497 e. The minimum absolute atomic E-state index is 0.214. The van der Waals surface area contributed by atoms with Crippen LogP contribution in [0.15, 0.2) is 24.3 Å². The third kappa shape index (κ3) is 2.93. The molecule has 0 bridgehead atoms. The van der Waals surface area contributed by atoms with Crippen LogP contribution in [0.3, 0.4) is 0 Å². The Morgan fingerprint density at radius 2 is 2.00 bits per heavy atom. The first kappa shape index (κ1) is 17.2. The van der Waals surface area contributed by atoms with Gasteiger partial charge >= 0.3 is 0 Å². The van der Waals surface area contributed by atoms with Crippen LogP contribution in [-0.2, 0) is 4.74 Å². The number of ether oxygens (including phenoxy) is 2. The van der Waals surface area contributed by atoms with Crippen molar-refractivity contribution in [2.75, 3.05) is 40.0 Å². The minimum Gasteiger partial charge on any atom is -0.497 e. The summed E-state index contributed by atoms with van der Waals surface area (Å²) in [6, 6.07) is 7.71. The number of fused-ring (bicyclic) bond motifs is 3. The summed E-state index contributed by atoms with van der Waals surface area (Å²) >= 11 is 0. The predicted octanol–water partition coefficient (Wildman–Crippen LogP) is 3.54. The number of morpholine rings is 1. The number of aromatic nitrogens is 2. The minimum atomic E-state index is -0.439. The molecule has 1 saturated heterocycles. The van der Waals surface area contributed by atoms with Crippen molar-refractivity contribution < 1.29 is 13.9 Å². The average Bonchev–Trinajstić information content (AvgIpc) is 2.96. The normalized spacial score (nSPS) is 17.1. The second-order valence-electron chi connectivity index (χ2n) is 6.94. The number of pyridine rings is 1. The maximum absolute atomic E-state index is 14.0. The van der Waals surface area contributed by atoms with E-state index in [0.29, 0.717) is 5.69 Å². The number of halogens is 1. The zero-order valence-electron chi connectivity index (χ0n) is 15.5. The van der Waals surface area contributed by atoms with Gasteiger partial charge < -0.3 is 14.0 Å². The third-order valence-corrected chi connectivity index (χ3v) is 5.20. The summed E-state index contributed by atoms with van der Waals surface area (Å²) < 4.78 is 27.2. The van der Waals surface area contributed by atoms with Crippen LogP contribution in [0.1, 0.15) is 18.7 Å². The van der Waals surface area contributed by atoms with Gasteiger partial charge in [-0.25, -0.2) is 4.98 Å². The Balaban J connectivity index is 1.89. The van der Waals surface area contributed by atoms with Crippen LogP contribution in [0.25, 0.3) is 21.8 Å². The molecule has 3 heterocycles. The average molecular weight is 357 g/mol. The molecule has 0 saturated carbocycles. The van der Waals surface area contributed by atoms with Gasteiger partial charge in [0.2, 0.25) is 5.95 Å². The van der Waals surface area contributed by atoms with E-state index in [-0.39, 0.29) is 6.04 Å². The first-order valence-corrected chi connectivity index (χ1v) is 9.03. The molecule has 1 aliphatic rings. The lowest BCUT2D eigenvalue weighted by atomic mass is 10.1. The first-order chi connectivity index (χ1) is 12.6. The van der Waals surface area contributed by atoms with Crippen molar-refractivity contribution >= 4 is 21.8 Å². The van der Waals surface area contributed by atoms with E-state index in [0.717, 1.165) is 60.4 Å². The van der Waals surface area contributed by atoms with Crippen molar-refractivity contribution in [3.05, 3.63) is 35.9 Å². The molecule has 1 fully saturated rings. The topological polar surface area (TPSA) is 39.5 Å². The van der Waals surface area contributed by atoms with E-state index in [1.807, 2.05) is 25.1 Å². The van der Waals surface area contributed by atoms with Gasteiger partial charge in [-0.3, -0.25) is 4.90 Å². The van der Waals surface area contributed by atoms with Gasteiger partial charge in [-0.15, -0.1) is 0 Å². The molecule has 1 aliphatic heterocycles. The van der Waals surface area contributed by atoms with E-state index < -0.39 is 5.95 Å². The lowest BCUT2D eigenvalue weighted by molar-refractivity contribution is 0.0330. The van der Waals surface area contributed by atoms with Crippen molar-refractivity contribution in [1.29, 1.82) is 0 Å². The second-order valence-corrected chi connectivity index (χ2v) is 6.94. The van der Waals surface area contributed by atoms with Crippen molar-refractivity contribution in [2.24, 2.45) is 0 Å². The number of rotatable bonds is 4. The molecule has 138 valence electrons. The molecular weight excluding hydrogens is 333 g/mol. The van der Waals surface area contributed by atoms with E-state index in [1.54, 1.807) is 7.11 Å². The zero-order chi connectivity index (χ0) is 18.3. The summed E-state index contributed by atoms with van der Waals surface area (Å²) in [5.74, 6) is 0.358. The molecule has 5 nitrogen and oxygen atoms in total. The van der Waals surface area contributed by atoms with Gasteiger partial charge in [0, 0.05) is 48.6 Å². The fraction of sp³-hybridized carbons (Fsp3) is 0.450. The van der Waals surface area contributed by atoms with Crippen LogP contribution in [0, 0.1) is 12.9 Å². The molecule has 6 heteroatoms. The lowest BCUT2D eigenvalue weighted by Gasteiger charge is -2.30.